The highest BCUT2D eigenvalue weighted by Crippen LogP contribution is 2.43. The summed E-state index contributed by atoms with van der Waals surface area (Å²) in [4.78, 5) is 14.1. The number of benzene rings is 1. The normalized spacial score (nSPS) is 19.7. The maximum Gasteiger partial charge on any atom is 0.416 e. The van der Waals surface area contributed by atoms with Crippen molar-refractivity contribution < 1.29 is 23.1 Å². The molecule has 2 heterocycles. The third-order valence-electron chi connectivity index (χ3n) is 4.39. The largest absolute Gasteiger partial charge is 0.480 e. The minimum atomic E-state index is -4.50. The molecule has 1 aliphatic rings. The van der Waals surface area contributed by atoms with Crippen LogP contribution in [0.3, 0.4) is 0 Å². The molecule has 1 saturated heterocycles. The molecule has 9 heteroatoms. The van der Waals surface area contributed by atoms with Gasteiger partial charge in [0.05, 0.1) is 15.4 Å². The highest BCUT2D eigenvalue weighted by Gasteiger charge is 2.39. The number of carboxylic acid groups (broad SMARTS) is 1. The Labute approximate surface area is 165 Å². The Kier molecular flexibility index (Phi) is 5.67. The van der Waals surface area contributed by atoms with Crippen LogP contribution in [0.5, 0.6) is 0 Å². The van der Waals surface area contributed by atoms with Crippen LogP contribution in [-0.4, -0.2) is 28.6 Å². The van der Waals surface area contributed by atoms with Gasteiger partial charge in [0.2, 0.25) is 0 Å². The predicted octanol–water partition coefficient (Wildman–Crippen LogP) is 5.82. The monoisotopic (exact) mass is 467 g/mol. The van der Waals surface area contributed by atoms with Gasteiger partial charge in [-0.05, 0) is 64.7 Å². The van der Waals surface area contributed by atoms with Gasteiger partial charge in [-0.2, -0.15) is 13.2 Å². The number of rotatable bonds is 4. The fraction of sp³-hybridized carbons (Fsp3) is 0.353. The maximum absolute atomic E-state index is 13.2. The highest BCUT2D eigenvalue weighted by molar-refractivity contribution is 9.11. The lowest BCUT2D eigenvalue weighted by Gasteiger charge is -2.31. The van der Waals surface area contributed by atoms with E-state index in [-0.39, 0.29) is 10.6 Å². The maximum atomic E-state index is 13.2. The zero-order valence-corrected chi connectivity index (χ0v) is 16.4. The highest BCUT2D eigenvalue weighted by atomic mass is 79.9. The quantitative estimate of drug-likeness (QED) is 0.614. The van der Waals surface area contributed by atoms with E-state index < -0.39 is 29.8 Å². The Hall–Kier alpha value is -1.09. The lowest BCUT2D eigenvalue weighted by molar-refractivity contribution is -0.143. The van der Waals surface area contributed by atoms with Crippen molar-refractivity contribution in [1.82, 2.24) is 4.90 Å². The lowest BCUT2D eigenvalue weighted by Crippen LogP contribution is -2.39. The van der Waals surface area contributed by atoms with E-state index in [0.717, 1.165) is 20.8 Å². The molecule has 0 aliphatic carbocycles. The molecule has 2 unspecified atom stereocenters. The number of thiophene rings is 1. The molecule has 0 saturated carbocycles. The molecule has 0 spiro atoms. The van der Waals surface area contributed by atoms with Crippen molar-refractivity contribution in [3.8, 4) is 0 Å². The summed E-state index contributed by atoms with van der Waals surface area (Å²) < 4.78 is 40.4. The Bertz CT molecular complexity index is 827. The number of alkyl halides is 3. The minimum absolute atomic E-state index is 0.184. The number of likely N-dealkylation sites (tertiary alicyclic amines) is 1. The fourth-order valence-electron chi connectivity index (χ4n) is 3.26. The van der Waals surface area contributed by atoms with E-state index in [4.69, 9.17) is 11.6 Å². The molecule has 2 aromatic rings. The van der Waals surface area contributed by atoms with E-state index in [1.54, 1.807) is 17.0 Å². The number of halogens is 5. The topological polar surface area (TPSA) is 40.5 Å². The third-order valence-corrected chi connectivity index (χ3v) is 6.41. The standard InChI is InChI=1S/C17H14BrClF3NO2S/c18-14-6-5-13(26-14)15(23-7-1-2-12(23)16(24)25)10-8-9(17(20,21)22)3-4-11(10)19/h3-6,8,12,15H,1-2,7H2,(H,24,25). The summed E-state index contributed by atoms with van der Waals surface area (Å²) in [6.45, 7) is 0.476. The summed E-state index contributed by atoms with van der Waals surface area (Å²) in [5.41, 5.74) is -0.535. The first kappa shape index (κ1) is 19.7. The molecule has 0 radical (unpaired) electrons. The van der Waals surface area contributed by atoms with E-state index >= 15 is 0 Å². The van der Waals surface area contributed by atoms with Crippen LogP contribution in [0.1, 0.15) is 34.9 Å². The van der Waals surface area contributed by atoms with Gasteiger partial charge >= 0.3 is 12.1 Å². The van der Waals surface area contributed by atoms with Crippen molar-refractivity contribution in [2.24, 2.45) is 0 Å². The number of nitrogens with zero attached hydrogens (tertiary/aromatic N) is 1. The lowest BCUT2D eigenvalue weighted by atomic mass is 9.99. The van der Waals surface area contributed by atoms with E-state index in [1.165, 1.54) is 17.4 Å². The molecular weight excluding hydrogens is 455 g/mol. The summed E-state index contributed by atoms with van der Waals surface area (Å²) in [5.74, 6) is -0.980. The fourth-order valence-corrected chi connectivity index (χ4v) is 5.05. The second-order valence-corrected chi connectivity index (χ2v) is 8.91. The molecule has 0 bridgehead atoms. The average molecular weight is 469 g/mol. The number of carbonyl (C=O) groups is 1. The van der Waals surface area contributed by atoms with Gasteiger partial charge in [-0.25, -0.2) is 0 Å². The molecule has 1 aliphatic heterocycles. The second kappa shape index (κ2) is 7.50. The molecule has 1 aromatic heterocycles. The molecule has 26 heavy (non-hydrogen) atoms. The Morgan fingerprint density at radius 1 is 1.35 bits per heavy atom. The summed E-state index contributed by atoms with van der Waals surface area (Å²) in [5, 5.41) is 9.71. The zero-order valence-electron chi connectivity index (χ0n) is 13.3. The van der Waals surface area contributed by atoms with Gasteiger partial charge in [-0.3, -0.25) is 9.69 Å². The summed E-state index contributed by atoms with van der Waals surface area (Å²) >= 11 is 11.0. The van der Waals surface area contributed by atoms with Crippen LogP contribution in [0.4, 0.5) is 13.2 Å². The van der Waals surface area contributed by atoms with Crippen LogP contribution in [0, 0.1) is 0 Å². The van der Waals surface area contributed by atoms with Gasteiger partial charge in [-0.1, -0.05) is 11.6 Å². The van der Waals surface area contributed by atoms with Gasteiger partial charge in [0.25, 0.3) is 0 Å². The van der Waals surface area contributed by atoms with Crippen LogP contribution in [0.2, 0.25) is 5.02 Å². The van der Waals surface area contributed by atoms with Crippen molar-refractivity contribution in [3.05, 3.63) is 55.1 Å². The average Bonchev–Trinajstić information content (AvgIpc) is 3.18. The molecule has 2 atom stereocenters. The van der Waals surface area contributed by atoms with Crippen molar-refractivity contribution in [3.63, 3.8) is 0 Å². The molecule has 3 rings (SSSR count). The first-order valence-electron chi connectivity index (χ1n) is 7.79. The second-order valence-electron chi connectivity index (χ2n) is 6.01. The van der Waals surface area contributed by atoms with Crippen molar-refractivity contribution in [1.29, 1.82) is 0 Å². The molecule has 1 fully saturated rings. The summed E-state index contributed by atoms with van der Waals surface area (Å²) in [6.07, 6.45) is -3.39. The van der Waals surface area contributed by atoms with E-state index in [0.29, 0.717) is 19.4 Å². The molecular formula is C17H14BrClF3NO2S. The minimum Gasteiger partial charge on any atom is -0.480 e. The van der Waals surface area contributed by atoms with Crippen LogP contribution >= 0.6 is 38.9 Å². The predicted molar refractivity (Wildman–Crippen MR) is 97.7 cm³/mol. The number of carboxylic acids is 1. The van der Waals surface area contributed by atoms with Crippen LogP contribution in [0.25, 0.3) is 0 Å². The number of aliphatic carboxylic acids is 1. The zero-order chi connectivity index (χ0) is 19.1. The molecule has 140 valence electrons. The Morgan fingerprint density at radius 2 is 2.08 bits per heavy atom. The Morgan fingerprint density at radius 3 is 2.65 bits per heavy atom. The van der Waals surface area contributed by atoms with Crippen LogP contribution < -0.4 is 0 Å². The van der Waals surface area contributed by atoms with Gasteiger partial charge < -0.3 is 5.11 Å². The van der Waals surface area contributed by atoms with Crippen molar-refractivity contribution in [2.45, 2.75) is 31.1 Å². The van der Waals surface area contributed by atoms with E-state index in [2.05, 4.69) is 15.9 Å². The van der Waals surface area contributed by atoms with Gasteiger partial charge in [0.1, 0.15) is 6.04 Å². The summed E-state index contributed by atoms with van der Waals surface area (Å²) in [7, 11) is 0. The first-order valence-corrected chi connectivity index (χ1v) is 9.77. The van der Waals surface area contributed by atoms with Gasteiger partial charge in [0, 0.05) is 16.4 Å². The number of hydrogen-bond donors (Lipinski definition) is 1. The van der Waals surface area contributed by atoms with E-state index in [1.807, 2.05) is 0 Å². The van der Waals surface area contributed by atoms with Gasteiger partial charge in [-0.15, -0.1) is 11.3 Å². The summed E-state index contributed by atoms with van der Waals surface area (Å²) in [6, 6.07) is 5.36. The van der Waals surface area contributed by atoms with Crippen molar-refractivity contribution >= 4 is 44.8 Å². The molecule has 3 nitrogen and oxygen atoms in total. The van der Waals surface area contributed by atoms with Gasteiger partial charge in [0.15, 0.2) is 0 Å². The van der Waals surface area contributed by atoms with Crippen LogP contribution in [0.15, 0.2) is 34.1 Å². The molecule has 1 aromatic carbocycles. The SMILES string of the molecule is O=C(O)C1CCCN1C(c1ccc(Br)s1)c1cc(C(F)(F)F)ccc1Cl. The van der Waals surface area contributed by atoms with Crippen LogP contribution in [-0.2, 0) is 11.0 Å². The third kappa shape index (κ3) is 3.93. The molecule has 1 N–H and O–H groups in total. The first-order chi connectivity index (χ1) is 12.2. The molecule has 0 amide bonds. The van der Waals surface area contributed by atoms with E-state index in [9.17, 15) is 23.1 Å². The Balaban J connectivity index is 2.14. The number of hydrogen-bond acceptors (Lipinski definition) is 3. The van der Waals surface area contributed by atoms with Crippen molar-refractivity contribution in [2.75, 3.05) is 6.54 Å². The smallest absolute Gasteiger partial charge is 0.416 e.